The van der Waals surface area contributed by atoms with E-state index in [0.29, 0.717) is 18.7 Å². The second kappa shape index (κ2) is 6.96. The minimum Gasteiger partial charge on any atom is -0.339 e. The first kappa shape index (κ1) is 16.8. The minimum atomic E-state index is -0.126. The van der Waals surface area contributed by atoms with Crippen molar-refractivity contribution in [1.29, 1.82) is 0 Å². The first-order valence-corrected chi connectivity index (χ1v) is 9.61. The van der Waals surface area contributed by atoms with E-state index >= 15 is 0 Å². The summed E-state index contributed by atoms with van der Waals surface area (Å²) in [6.45, 7) is 3.45. The number of hydrogen-bond donors (Lipinski definition) is 0. The van der Waals surface area contributed by atoms with E-state index in [4.69, 9.17) is 4.98 Å². The van der Waals surface area contributed by atoms with Crippen LogP contribution < -0.4 is 0 Å². The highest BCUT2D eigenvalue weighted by atomic mass is 32.1. The van der Waals surface area contributed by atoms with Gasteiger partial charge in [-0.2, -0.15) is 10.2 Å². The average molecular weight is 364 g/mol. The molecular formula is C20H20N4OS. The lowest BCUT2D eigenvalue weighted by atomic mass is 9.70. The summed E-state index contributed by atoms with van der Waals surface area (Å²) in [5.41, 5.74) is 2.88. The van der Waals surface area contributed by atoms with Crippen molar-refractivity contribution < 1.29 is 4.79 Å². The molecule has 1 saturated heterocycles. The molecule has 0 unspecified atom stereocenters. The quantitative estimate of drug-likeness (QED) is 0.714. The predicted octanol–water partition coefficient (Wildman–Crippen LogP) is 3.46. The number of thiazole rings is 1. The molecule has 1 aromatic carbocycles. The molecule has 0 bridgehead atoms. The van der Waals surface area contributed by atoms with E-state index in [9.17, 15) is 4.79 Å². The van der Waals surface area contributed by atoms with Gasteiger partial charge in [0, 0.05) is 23.9 Å². The smallest absolute Gasteiger partial charge is 0.255 e. The lowest BCUT2D eigenvalue weighted by Crippen LogP contribution is -2.46. The number of nitrogens with zero attached hydrogens (tertiary/aromatic N) is 4. The second-order valence-electron chi connectivity index (χ2n) is 6.62. The molecule has 0 atom stereocenters. The van der Waals surface area contributed by atoms with E-state index in [0.717, 1.165) is 23.5 Å². The van der Waals surface area contributed by atoms with Crippen molar-refractivity contribution in [3.8, 4) is 0 Å². The maximum absolute atomic E-state index is 12.7. The van der Waals surface area contributed by atoms with Crippen LogP contribution in [0.1, 0.15) is 39.5 Å². The Morgan fingerprint density at radius 3 is 2.50 bits per heavy atom. The summed E-state index contributed by atoms with van der Waals surface area (Å²) in [5, 5.41) is 10.8. The van der Waals surface area contributed by atoms with Crippen molar-refractivity contribution in [2.45, 2.75) is 25.2 Å². The molecule has 1 aliphatic rings. The first-order valence-electron chi connectivity index (χ1n) is 8.73. The normalized spacial score (nSPS) is 16.4. The molecule has 3 heterocycles. The van der Waals surface area contributed by atoms with Crippen LogP contribution in [0.3, 0.4) is 0 Å². The van der Waals surface area contributed by atoms with Crippen molar-refractivity contribution in [2.75, 3.05) is 13.1 Å². The van der Waals surface area contributed by atoms with Crippen LogP contribution >= 0.6 is 11.3 Å². The van der Waals surface area contributed by atoms with Crippen LogP contribution in [0.15, 0.2) is 54.2 Å². The number of benzene rings is 1. The third-order valence-corrected chi connectivity index (χ3v) is 5.94. The number of likely N-dealkylation sites (tertiary alicyclic amines) is 1. The number of aryl methyl sites for hydroxylation is 1. The van der Waals surface area contributed by atoms with Crippen molar-refractivity contribution in [1.82, 2.24) is 20.1 Å². The van der Waals surface area contributed by atoms with Gasteiger partial charge in [-0.1, -0.05) is 30.3 Å². The molecule has 6 heteroatoms. The van der Waals surface area contributed by atoms with Gasteiger partial charge < -0.3 is 4.90 Å². The van der Waals surface area contributed by atoms with Gasteiger partial charge in [0.05, 0.1) is 28.7 Å². The molecule has 1 amide bonds. The van der Waals surface area contributed by atoms with Gasteiger partial charge in [0.1, 0.15) is 0 Å². The van der Waals surface area contributed by atoms with Crippen LogP contribution in [0.5, 0.6) is 0 Å². The molecule has 0 saturated carbocycles. The highest BCUT2D eigenvalue weighted by molar-refractivity contribution is 7.09. The lowest BCUT2D eigenvalue weighted by molar-refractivity contribution is 0.0683. The molecule has 0 aliphatic carbocycles. The molecular weight excluding hydrogens is 344 g/mol. The van der Waals surface area contributed by atoms with Crippen molar-refractivity contribution in [3.63, 3.8) is 0 Å². The van der Waals surface area contributed by atoms with Crippen LogP contribution in [0.25, 0.3) is 0 Å². The van der Waals surface area contributed by atoms with Crippen LogP contribution in [-0.2, 0) is 5.41 Å². The molecule has 5 nitrogen and oxygen atoms in total. The summed E-state index contributed by atoms with van der Waals surface area (Å²) >= 11 is 1.69. The monoisotopic (exact) mass is 364 g/mol. The molecule has 26 heavy (non-hydrogen) atoms. The van der Waals surface area contributed by atoms with Gasteiger partial charge in [-0.25, -0.2) is 4.98 Å². The van der Waals surface area contributed by atoms with Gasteiger partial charge in [-0.05, 0) is 31.4 Å². The third-order valence-electron chi connectivity index (χ3n) is 5.17. The van der Waals surface area contributed by atoms with E-state index in [1.54, 1.807) is 23.6 Å². The average Bonchev–Trinajstić information content (AvgIpc) is 3.16. The predicted molar refractivity (Wildman–Crippen MR) is 101 cm³/mol. The zero-order valence-corrected chi connectivity index (χ0v) is 15.4. The van der Waals surface area contributed by atoms with E-state index < -0.39 is 0 Å². The first-order chi connectivity index (χ1) is 12.7. The highest BCUT2D eigenvalue weighted by Crippen LogP contribution is 2.42. The molecule has 3 aromatic rings. The van der Waals surface area contributed by atoms with Crippen LogP contribution in [0, 0.1) is 6.92 Å². The third kappa shape index (κ3) is 3.01. The van der Waals surface area contributed by atoms with E-state index in [1.165, 1.54) is 11.8 Å². The Hall–Kier alpha value is -2.60. The summed E-state index contributed by atoms with van der Waals surface area (Å²) in [6, 6.07) is 12.3. The van der Waals surface area contributed by atoms with E-state index in [1.807, 2.05) is 17.9 Å². The van der Waals surface area contributed by atoms with Gasteiger partial charge in [0.2, 0.25) is 0 Å². The van der Waals surface area contributed by atoms with Crippen LogP contribution in [0.2, 0.25) is 0 Å². The van der Waals surface area contributed by atoms with Crippen LogP contribution in [0.4, 0.5) is 0 Å². The maximum Gasteiger partial charge on any atom is 0.255 e. The molecule has 132 valence electrons. The Balaban J connectivity index is 1.62. The summed E-state index contributed by atoms with van der Waals surface area (Å²) in [6.07, 6.45) is 4.82. The van der Waals surface area contributed by atoms with Gasteiger partial charge in [0.15, 0.2) is 0 Å². The van der Waals surface area contributed by atoms with Crippen molar-refractivity contribution in [3.05, 3.63) is 76.0 Å². The number of amides is 1. The Labute approximate surface area is 156 Å². The molecule has 1 fully saturated rings. The summed E-state index contributed by atoms with van der Waals surface area (Å²) in [5.74, 6) is 0.0241. The highest BCUT2D eigenvalue weighted by Gasteiger charge is 2.40. The maximum atomic E-state index is 12.7. The summed E-state index contributed by atoms with van der Waals surface area (Å²) in [4.78, 5) is 19.5. The Bertz CT molecular complexity index is 886. The molecule has 1 aliphatic heterocycles. The van der Waals surface area contributed by atoms with Gasteiger partial charge >= 0.3 is 0 Å². The molecule has 0 radical (unpaired) electrons. The number of piperidine rings is 1. The number of rotatable bonds is 3. The number of carbonyl (C=O) groups excluding carboxylic acids is 1. The Morgan fingerprint density at radius 2 is 1.88 bits per heavy atom. The molecule has 0 spiro atoms. The van der Waals surface area contributed by atoms with Crippen molar-refractivity contribution in [2.24, 2.45) is 0 Å². The fraction of sp³-hybridized carbons (Fsp3) is 0.300. The fourth-order valence-corrected chi connectivity index (χ4v) is 4.44. The van der Waals surface area contributed by atoms with Gasteiger partial charge in [-0.15, -0.1) is 11.3 Å². The second-order valence-corrected chi connectivity index (χ2v) is 7.69. The zero-order chi connectivity index (χ0) is 18.0. The molecule has 4 rings (SSSR count). The number of hydrogen-bond acceptors (Lipinski definition) is 5. The fourth-order valence-electron chi connectivity index (χ4n) is 3.72. The SMILES string of the molecule is Cc1nc(C2(c3ccccc3)CCN(C(=O)c3ccnnc3)CC2)cs1. The summed E-state index contributed by atoms with van der Waals surface area (Å²) < 4.78 is 0. The van der Waals surface area contributed by atoms with Gasteiger partial charge in [0.25, 0.3) is 5.91 Å². The summed E-state index contributed by atoms with van der Waals surface area (Å²) in [7, 11) is 0. The van der Waals surface area contributed by atoms with Gasteiger partial charge in [-0.3, -0.25) is 4.79 Å². The Morgan fingerprint density at radius 1 is 1.12 bits per heavy atom. The minimum absolute atomic E-state index is 0.0241. The van der Waals surface area contributed by atoms with Crippen LogP contribution in [-0.4, -0.2) is 39.1 Å². The number of carbonyl (C=O) groups is 1. The largest absolute Gasteiger partial charge is 0.339 e. The standard InChI is InChI=1S/C20H20N4OS/c1-15-23-18(14-26-15)20(17-5-3-2-4-6-17)8-11-24(12-9-20)19(25)16-7-10-21-22-13-16/h2-7,10,13-14H,8-9,11-12H2,1H3. The lowest BCUT2D eigenvalue weighted by Gasteiger charge is -2.41. The zero-order valence-electron chi connectivity index (χ0n) is 14.6. The molecule has 2 aromatic heterocycles. The topological polar surface area (TPSA) is 59.0 Å². The van der Waals surface area contributed by atoms with E-state index in [2.05, 4.69) is 39.8 Å². The Kier molecular flexibility index (Phi) is 4.51. The van der Waals surface area contributed by atoms with E-state index in [-0.39, 0.29) is 11.3 Å². The number of aromatic nitrogens is 3. The molecule has 0 N–H and O–H groups in total. The van der Waals surface area contributed by atoms with Crippen molar-refractivity contribution >= 4 is 17.2 Å².